The van der Waals surface area contributed by atoms with Crippen LogP contribution >= 0.6 is 0 Å². The molecule has 0 radical (unpaired) electrons. The minimum Gasteiger partial charge on any atom is -0.386 e. The number of rotatable bonds is 2. The Bertz CT molecular complexity index is 348. The number of aliphatic hydroxyl groups is 2. The standard InChI is InChI=1S/C11H14O4/c1-11(2,14)4-3-6-5-7(12)9-10(15-9)8(6)13/h3-5,7,9-10,12,14H,1-2H3/b4-3+/t7-,9+,10-/m0/s1. The summed E-state index contributed by atoms with van der Waals surface area (Å²) in [6.45, 7) is 3.23. The summed E-state index contributed by atoms with van der Waals surface area (Å²) in [5.74, 6) is -0.120. The summed E-state index contributed by atoms with van der Waals surface area (Å²) in [7, 11) is 0. The molecule has 3 atom stereocenters. The molecule has 0 unspecified atom stereocenters. The van der Waals surface area contributed by atoms with Crippen LogP contribution in [0.2, 0.25) is 0 Å². The fourth-order valence-electron chi connectivity index (χ4n) is 1.55. The van der Waals surface area contributed by atoms with Gasteiger partial charge in [-0.3, -0.25) is 4.79 Å². The first-order valence-corrected chi connectivity index (χ1v) is 4.90. The van der Waals surface area contributed by atoms with Crippen LogP contribution in [-0.4, -0.2) is 39.9 Å². The zero-order valence-corrected chi connectivity index (χ0v) is 8.68. The van der Waals surface area contributed by atoms with Crippen molar-refractivity contribution in [1.82, 2.24) is 0 Å². The number of hydrogen-bond donors (Lipinski definition) is 2. The predicted octanol–water partition coefficient (Wildman–Crippen LogP) is -0.0491. The summed E-state index contributed by atoms with van der Waals surface area (Å²) in [5.41, 5.74) is -0.559. The van der Waals surface area contributed by atoms with Crippen molar-refractivity contribution < 1.29 is 19.7 Å². The van der Waals surface area contributed by atoms with E-state index in [-0.39, 0.29) is 11.9 Å². The van der Waals surface area contributed by atoms with Crippen LogP contribution in [0.3, 0.4) is 0 Å². The molecule has 0 bridgehead atoms. The molecule has 0 aromatic heterocycles. The normalized spacial score (nSPS) is 35.3. The van der Waals surface area contributed by atoms with Gasteiger partial charge in [-0.15, -0.1) is 0 Å². The number of aliphatic hydroxyl groups excluding tert-OH is 1. The molecule has 1 heterocycles. The fourth-order valence-corrected chi connectivity index (χ4v) is 1.55. The van der Waals surface area contributed by atoms with E-state index in [0.717, 1.165) is 0 Å². The Hall–Kier alpha value is -0.970. The molecule has 15 heavy (non-hydrogen) atoms. The van der Waals surface area contributed by atoms with Crippen molar-refractivity contribution in [1.29, 1.82) is 0 Å². The average molecular weight is 210 g/mol. The smallest absolute Gasteiger partial charge is 0.194 e. The first kappa shape index (κ1) is 10.5. The van der Waals surface area contributed by atoms with Crippen LogP contribution in [0.15, 0.2) is 23.8 Å². The van der Waals surface area contributed by atoms with Crippen molar-refractivity contribution in [3.63, 3.8) is 0 Å². The third-order valence-electron chi connectivity index (χ3n) is 2.43. The lowest BCUT2D eigenvalue weighted by Crippen LogP contribution is -2.26. The second kappa shape index (κ2) is 3.27. The highest BCUT2D eigenvalue weighted by atomic mass is 16.6. The predicted molar refractivity (Wildman–Crippen MR) is 53.2 cm³/mol. The number of ketones is 1. The fraction of sp³-hybridized carbons (Fsp3) is 0.545. The Morgan fingerprint density at radius 2 is 2.20 bits per heavy atom. The Kier molecular flexibility index (Phi) is 2.30. The van der Waals surface area contributed by atoms with Crippen molar-refractivity contribution in [2.24, 2.45) is 0 Å². The molecule has 1 aliphatic heterocycles. The van der Waals surface area contributed by atoms with E-state index in [1.54, 1.807) is 13.8 Å². The van der Waals surface area contributed by atoms with Crippen molar-refractivity contribution >= 4 is 5.78 Å². The third-order valence-corrected chi connectivity index (χ3v) is 2.43. The second-order valence-corrected chi connectivity index (χ2v) is 4.49. The number of epoxide rings is 1. The van der Waals surface area contributed by atoms with Gasteiger partial charge in [-0.25, -0.2) is 0 Å². The van der Waals surface area contributed by atoms with Gasteiger partial charge in [0.1, 0.15) is 18.3 Å². The van der Waals surface area contributed by atoms with E-state index in [0.29, 0.717) is 5.57 Å². The number of ether oxygens (including phenoxy) is 1. The van der Waals surface area contributed by atoms with Gasteiger partial charge in [0.25, 0.3) is 0 Å². The lowest BCUT2D eigenvalue weighted by molar-refractivity contribution is -0.116. The zero-order valence-electron chi connectivity index (χ0n) is 8.68. The molecule has 2 N–H and O–H groups in total. The summed E-state index contributed by atoms with van der Waals surface area (Å²) in [5, 5.41) is 18.9. The number of allylic oxidation sites excluding steroid dienone is 1. The van der Waals surface area contributed by atoms with Gasteiger partial charge in [0, 0.05) is 5.57 Å². The van der Waals surface area contributed by atoms with Crippen molar-refractivity contribution in [3.05, 3.63) is 23.8 Å². The van der Waals surface area contributed by atoms with Crippen molar-refractivity contribution in [2.75, 3.05) is 0 Å². The molecule has 0 spiro atoms. The maximum Gasteiger partial charge on any atom is 0.194 e. The van der Waals surface area contributed by atoms with Crippen LogP contribution in [0.4, 0.5) is 0 Å². The maximum absolute atomic E-state index is 11.6. The number of carbonyl (C=O) groups excluding carboxylic acids is 1. The highest BCUT2D eigenvalue weighted by molar-refractivity contribution is 6.04. The lowest BCUT2D eigenvalue weighted by Gasteiger charge is -2.13. The third kappa shape index (κ3) is 2.17. The number of hydrogen-bond acceptors (Lipinski definition) is 4. The molecule has 1 aliphatic carbocycles. The van der Waals surface area contributed by atoms with Crippen LogP contribution in [-0.2, 0) is 9.53 Å². The van der Waals surface area contributed by atoms with Crippen LogP contribution in [0.25, 0.3) is 0 Å². The van der Waals surface area contributed by atoms with E-state index in [9.17, 15) is 15.0 Å². The highest BCUT2D eigenvalue weighted by Gasteiger charge is 2.52. The first-order chi connectivity index (χ1) is 6.88. The summed E-state index contributed by atoms with van der Waals surface area (Å²) in [6.07, 6.45) is 2.98. The van der Waals surface area contributed by atoms with E-state index in [4.69, 9.17) is 4.74 Å². The number of Topliss-reactive ketones (excluding diaryl/α,β-unsaturated/α-hetero) is 1. The average Bonchev–Trinajstić information content (AvgIpc) is 2.87. The molecule has 0 aromatic carbocycles. The molecule has 82 valence electrons. The van der Waals surface area contributed by atoms with Gasteiger partial charge in [0.05, 0.1) is 5.60 Å². The van der Waals surface area contributed by atoms with Gasteiger partial charge in [-0.2, -0.15) is 0 Å². The molecule has 4 heteroatoms. The van der Waals surface area contributed by atoms with Gasteiger partial charge in [-0.05, 0) is 19.9 Å². The van der Waals surface area contributed by atoms with E-state index >= 15 is 0 Å². The number of carbonyl (C=O) groups is 1. The summed E-state index contributed by atoms with van der Waals surface area (Å²) >= 11 is 0. The first-order valence-electron chi connectivity index (χ1n) is 4.90. The Labute approximate surface area is 87.9 Å². The molecule has 2 aliphatic rings. The highest BCUT2D eigenvalue weighted by Crippen LogP contribution is 2.34. The van der Waals surface area contributed by atoms with Gasteiger partial charge >= 0.3 is 0 Å². The van der Waals surface area contributed by atoms with Gasteiger partial charge in [0.15, 0.2) is 5.78 Å². The zero-order chi connectivity index (χ0) is 11.2. The Balaban J connectivity index is 2.15. The van der Waals surface area contributed by atoms with Gasteiger partial charge < -0.3 is 14.9 Å². The molecular formula is C11H14O4. The molecular weight excluding hydrogens is 196 g/mol. The van der Waals surface area contributed by atoms with Gasteiger partial charge in [0.2, 0.25) is 0 Å². The van der Waals surface area contributed by atoms with Crippen molar-refractivity contribution in [2.45, 2.75) is 37.8 Å². The Morgan fingerprint density at radius 1 is 1.53 bits per heavy atom. The van der Waals surface area contributed by atoms with Crippen molar-refractivity contribution in [3.8, 4) is 0 Å². The van der Waals surface area contributed by atoms with Crippen LogP contribution in [0.1, 0.15) is 13.8 Å². The molecule has 1 saturated heterocycles. The van der Waals surface area contributed by atoms with Crippen LogP contribution in [0.5, 0.6) is 0 Å². The largest absolute Gasteiger partial charge is 0.386 e. The molecule has 2 rings (SSSR count). The van der Waals surface area contributed by atoms with E-state index < -0.39 is 17.8 Å². The molecule has 4 nitrogen and oxygen atoms in total. The quantitative estimate of drug-likeness (QED) is 0.627. The van der Waals surface area contributed by atoms with Crippen LogP contribution < -0.4 is 0 Å². The molecule has 0 aromatic rings. The maximum atomic E-state index is 11.6. The Morgan fingerprint density at radius 3 is 2.80 bits per heavy atom. The SMILES string of the molecule is CC(C)(O)/C=C/C1=C[C@H](O)[C@H]2O[C@H]2C1=O. The minimum atomic E-state index is -0.965. The second-order valence-electron chi connectivity index (χ2n) is 4.49. The monoisotopic (exact) mass is 210 g/mol. The van der Waals surface area contributed by atoms with E-state index in [1.807, 2.05) is 0 Å². The van der Waals surface area contributed by atoms with E-state index in [1.165, 1.54) is 18.2 Å². The summed E-state index contributed by atoms with van der Waals surface area (Å²) < 4.78 is 5.02. The molecule has 0 saturated carbocycles. The molecule has 1 fully saturated rings. The topological polar surface area (TPSA) is 70.1 Å². The minimum absolute atomic E-state index is 0.120. The van der Waals surface area contributed by atoms with Crippen LogP contribution in [0, 0.1) is 0 Å². The van der Waals surface area contributed by atoms with Gasteiger partial charge in [-0.1, -0.05) is 12.2 Å². The number of fused-ring (bicyclic) bond motifs is 1. The molecule has 0 amide bonds. The summed E-state index contributed by atoms with van der Waals surface area (Å²) in [4.78, 5) is 11.6. The summed E-state index contributed by atoms with van der Waals surface area (Å²) in [6, 6.07) is 0. The lowest BCUT2D eigenvalue weighted by atomic mass is 9.94. The van der Waals surface area contributed by atoms with E-state index in [2.05, 4.69) is 0 Å².